The average molecular weight is 368 g/mol. The summed E-state index contributed by atoms with van der Waals surface area (Å²) in [4.78, 5) is 33.0. The molecule has 2 rings (SSSR count). The Morgan fingerprint density at radius 3 is 2.56 bits per heavy atom. The minimum Gasteiger partial charge on any atom is -0.480 e. The molecule has 1 N–H and O–H groups in total. The van der Waals surface area contributed by atoms with E-state index < -0.39 is 5.97 Å². The van der Waals surface area contributed by atoms with Crippen molar-refractivity contribution in [1.82, 2.24) is 14.8 Å². The van der Waals surface area contributed by atoms with Gasteiger partial charge in [-0.05, 0) is 33.2 Å². The van der Waals surface area contributed by atoms with Gasteiger partial charge in [-0.15, -0.1) is 11.3 Å². The van der Waals surface area contributed by atoms with Gasteiger partial charge in [0.05, 0.1) is 17.2 Å². The fourth-order valence-corrected chi connectivity index (χ4v) is 4.22. The maximum Gasteiger partial charge on any atom is 0.317 e. The number of rotatable bonds is 4. The summed E-state index contributed by atoms with van der Waals surface area (Å²) in [5, 5.41) is 9.95. The Labute approximate surface area is 153 Å². The van der Waals surface area contributed by atoms with E-state index >= 15 is 0 Å². The lowest BCUT2D eigenvalue weighted by atomic mass is 9.98. The third kappa shape index (κ3) is 5.01. The first-order chi connectivity index (χ1) is 11.6. The molecule has 1 unspecified atom stereocenters. The highest BCUT2D eigenvalue weighted by atomic mass is 32.1. The van der Waals surface area contributed by atoms with E-state index in [-0.39, 0.29) is 23.9 Å². The minimum absolute atomic E-state index is 0.0432. The lowest BCUT2D eigenvalue weighted by molar-refractivity contribution is -0.138. The number of aromatic nitrogens is 1. The average Bonchev–Trinajstić information content (AvgIpc) is 2.74. The Hall–Kier alpha value is -1.47. The molecule has 1 aromatic heterocycles. The van der Waals surface area contributed by atoms with E-state index in [1.54, 1.807) is 0 Å². The van der Waals surface area contributed by atoms with Crippen LogP contribution in [0.15, 0.2) is 0 Å². The summed E-state index contributed by atoms with van der Waals surface area (Å²) < 4.78 is 0. The summed E-state index contributed by atoms with van der Waals surface area (Å²) in [6, 6.07) is 0.210. The van der Waals surface area contributed by atoms with Crippen LogP contribution in [-0.4, -0.2) is 64.5 Å². The Kier molecular flexibility index (Phi) is 6.21. The number of carbonyl (C=O) groups is 2. The van der Waals surface area contributed by atoms with Gasteiger partial charge in [0.15, 0.2) is 0 Å². The molecule has 1 fully saturated rings. The third-order valence-corrected chi connectivity index (χ3v) is 6.20. The highest BCUT2D eigenvalue weighted by Gasteiger charge is 2.28. The SMILES string of the molecule is Cc1nc(C(C)(C)C)sc1C(=O)N1CCCC(N(C)CC(=O)O)CC1. The molecule has 1 aromatic rings. The zero-order valence-electron chi connectivity index (χ0n) is 15.8. The summed E-state index contributed by atoms with van der Waals surface area (Å²) in [5.74, 6) is -0.748. The first kappa shape index (κ1) is 19.8. The number of carbonyl (C=O) groups excluding carboxylic acids is 1. The van der Waals surface area contributed by atoms with Crippen LogP contribution in [0.25, 0.3) is 0 Å². The number of likely N-dealkylation sites (tertiary alicyclic amines) is 1. The molecule has 0 radical (unpaired) electrons. The van der Waals surface area contributed by atoms with Gasteiger partial charge in [0.2, 0.25) is 0 Å². The molecule has 7 heteroatoms. The molecule has 1 aliphatic rings. The maximum absolute atomic E-state index is 13.0. The number of carboxylic acids is 1. The van der Waals surface area contributed by atoms with Gasteiger partial charge in [-0.25, -0.2) is 4.98 Å². The van der Waals surface area contributed by atoms with E-state index in [1.165, 1.54) is 11.3 Å². The predicted octanol–water partition coefficient (Wildman–Crippen LogP) is 2.76. The number of aliphatic carboxylic acids is 1. The van der Waals surface area contributed by atoms with E-state index in [0.717, 1.165) is 41.4 Å². The smallest absolute Gasteiger partial charge is 0.317 e. The fourth-order valence-electron chi connectivity index (χ4n) is 3.12. The molecule has 0 bridgehead atoms. The molecule has 2 heterocycles. The van der Waals surface area contributed by atoms with Gasteiger partial charge >= 0.3 is 5.97 Å². The number of thiazole rings is 1. The molecule has 0 aromatic carbocycles. The maximum atomic E-state index is 13.0. The number of carboxylic acid groups (broad SMARTS) is 1. The van der Waals surface area contributed by atoms with Crippen LogP contribution in [0.4, 0.5) is 0 Å². The van der Waals surface area contributed by atoms with Gasteiger partial charge in [0.1, 0.15) is 4.88 Å². The van der Waals surface area contributed by atoms with Crippen LogP contribution < -0.4 is 0 Å². The van der Waals surface area contributed by atoms with Crippen LogP contribution in [0, 0.1) is 6.92 Å². The topological polar surface area (TPSA) is 73.7 Å². The van der Waals surface area contributed by atoms with Gasteiger partial charge in [0, 0.05) is 24.5 Å². The van der Waals surface area contributed by atoms with Crippen LogP contribution in [0.3, 0.4) is 0 Å². The van der Waals surface area contributed by atoms with Gasteiger partial charge in [0.25, 0.3) is 5.91 Å². The van der Waals surface area contributed by atoms with Gasteiger partial charge in [-0.3, -0.25) is 14.5 Å². The van der Waals surface area contributed by atoms with Crippen molar-refractivity contribution in [2.24, 2.45) is 0 Å². The van der Waals surface area contributed by atoms with Crippen molar-refractivity contribution in [3.8, 4) is 0 Å². The lowest BCUT2D eigenvalue weighted by Gasteiger charge is -2.25. The highest BCUT2D eigenvalue weighted by molar-refractivity contribution is 7.14. The Balaban J connectivity index is 2.06. The first-order valence-electron chi connectivity index (χ1n) is 8.79. The number of aryl methyl sites for hydroxylation is 1. The van der Waals surface area contributed by atoms with Crippen molar-refractivity contribution in [3.63, 3.8) is 0 Å². The van der Waals surface area contributed by atoms with E-state index in [2.05, 4.69) is 25.8 Å². The first-order valence-corrected chi connectivity index (χ1v) is 9.60. The van der Waals surface area contributed by atoms with Crippen LogP contribution in [0.2, 0.25) is 0 Å². The molecular weight excluding hydrogens is 338 g/mol. The quantitative estimate of drug-likeness (QED) is 0.886. The van der Waals surface area contributed by atoms with Gasteiger partial charge in [-0.1, -0.05) is 20.8 Å². The zero-order valence-corrected chi connectivity index (χ0v) is 16.7. The molecule has 0 aliphatic carbocycles. The molecule has 140 valence electrons. The fraction of sp³-hybridized carbons (Fsp3) is 0.722. The predicted molar refractivity (Wildman–Crippen MR) is 99.4 cm³/mol. The highest BCUT2D eigenvalue weighted by Crippen LogP contribution is 2.30. The van der Waals surface area contributed by atoms with E-state index in [9.17, 15) is 9.59 Å². The summed E-state index contributed by atoms with van der Waals surface area (Å²) >= 11 is 1.50. The van der Waals surface area contributed by atoms with E-state index in [1.807, 2.05) is 23.8 Å². The number of hydrogen-bond donors (Lipinski definition) is 1. The van der Waals surface area contributed by atoms with Gasteiger partial charge < -0.3 is 10.0 Å². The van der Waals surface area contributed by atoms with Gasteiger partial charge in [-0.2, -0.15) is 0 Å². The third-order valence-electron chi connectivity index (χ3n) is 4.63. The lowest BCUT2D eigenvalue weighted by Crippen LogP contribution is -2.37. The summed E-state index contributed by atoms with van der Waals surface area (Å²) in [6.07, 6.45) is 2.62. The van der Waals surface area contributed by atoms with Crippen molar-refractivity contribution in [1.29, 1.82) is 0 Å². The summed E-state index contributed by atoms with van der Waals surface area (Å²) in [5.41, 5.74) is 0.751. The van der Waals surface area contributed by atoms with E-state index in [4.69, 9.17) is 5.11 Å². The van der Waals surface area contributed by atoms with Crippen LogP contribution in [0.1, 0.15) is 60.4 Å². The Bertz CT molecular complexity index is 636. The molecule has 1 atom stereocenters. The minimum atomic E-state index is -0.810. The van der Waals surface area contributed by atoms with Crippen molar-refractivity contribution in [2.45, 2.75) is 58.4 Å². The molecular formula is C18H29N3O3S. The van der Waals surface area contributed by atoms with E-state index in [0.29, 0.717) is 6.54 Å². The van der Waals surface area contributed by atoms with Crippen LogP contribution in [0.5, 0.6) is 0 Å². The number of amides is 1. The standard InChI is InChI=1S/C18H29N3O3S/c1-12-15(25-17(19-12)18(2,3)4)16(24)21-9-6-7-13(8-10-21)20(5)11-14(22)23/h13H,6-11H2,1-5H3,(H,22,23). The van der Waals surface area contributed by atoms with Crippen molar-refractivity contribution >= 4 is 23.2 Å². The summed E-state index contributed by atoms with van der Waals surface area (Å²) in [7, 11) is 1.85. The molecule has 0 saturated carbocycles. The molecule has 1 amide bonds. The second-order valence-corrected chi connectivity index (χ2v) is 8.87. The number of likely N-dealkylation sites (N-methyl/N-ethyl adjacent to an activating group) is 1. The summed E-state index contributed by atoms with van der Waals surface area (Å²) in [6.45, 7) is 9.65. The van der Waals surface area contributed by atoms with Crippen molar-refractivity contribution in [3.05, 3.63) is 15.6 Å². The molecule has 25 heavy (non-hydrogen) atoms. The van der Waals surface area contributed by atoms with Crippen molar-refractivity contribution in [2.75, 3.05) is 26.7 Å². The largest absolute Gasteiger partial charge is 0.480 e. The molecule has 0 spiro atoms. The number of hydrogen-bond acceptors (Lipinski definition) is 5. The molecule has 1 aliphatic heterocycles. The second kappa shape index (κ2) is 7.83. The normalized spacial score (nSPS) is 19.1. The molecule has 6 nitrogen and oxygen atoms in total. The second-order valence-electron chi connectivity index (χ2n) is 7.87. The van der Waals surface area contributed by atoms with Crippen molar-refractivity contribution < 1.29 is 14.7 Å². The van der Waals surface area contributed by atoms with Crippen LogP contribution >= 0.6 is 11.3 Å². The Morgan fingerprint density at radius 1 is 1.32 bits per heavy atom. The monoisotopic (exact) mass is 367 g/mol. The Morgan fingerprint density at radius 2 is 2.00 bits per heavy atom. The number of nitrogens with zero attached hydrogens (tertiary/aromatic N) is 3. The molecule has 1 saturated heterocycles. The van der Waals surface area contributed by atoms with Crippen LogP contribution in [-0.2, 0) is 10.2 Å². The zero-order chi connectivity index (χ0) is 18.8.